The number of benzene rings is 2. The molecule has 2 rings (SSSR count). The second kappa shape index (κ2) is 7.45. The summed E-state index contributed by atoms with van der Waals surface area (Å²) in [5, 5.41) is 2.59. The Balaban J connectivity index is 2.02. The van der Waals surface area contributed by atoms with E-state index in [9.17, 15) is 14.0 Å². The van der Waals surface area contributed by atoms with Gasteiger partial charge < -0.3 is 10.1 Å². The molecule has 0 fully saturated rings. The van der Waals surface area contributed by atoms with Crippen molar-refractivity contribution >= 4 is 29.2 Å². The summed E-state index contributed by atoms with van der Waals surface area (Å²) >= 11 is 5.65. The molecule has 1 unspecified atom stereocenters. The van der Waals surface area contributed by atoms with Crippen molar-refractivity contribution in [3.8, 4) is 0 Å². The Morgan fingerprint density at radius 3 is 2.46 bits per heavy atom. The predicted molar refractivity (Wildman–Crippen MR) is 90.8 cm³/mol. The maximum Gasteiger partial charge on any atom is 0.338 e. The van der Waals surface area contributed by atoms with Crippen LogP contribution < -0.4 is 5.32 Å². The van der Waals surface area contributed by atoms with Gasteiger partial charge in [0.2, 0.25) is 0 Å². The third-order valence-corrected chi connectivity index (χ3v) is 3.82. The molecule has 0 spiro atoms. The van der Waals surface area contributed by atoms with Crippen LogP contribution in [0.25, 0.3) is 0 Å². The minimum absolute atomic E-state index is 0.0292. The van der Waals surface area contributed by atoms with Gasteiger partial charge in [-0.05, 0) is 62.2 Å². The molecule has 0 saturated heterocycles. The number of rotatable bonds is 4. The molecular formula is C18H17ClFNO3. The molecule has 0 aliphatic carbocycles. The van der Waals surface area contributed by atoms with E-state index in [1.54, 1.807) is 18.2 Å². The Labute approximate surface area is 144 Å². The molecule has 1 atom stereocenters. The Morgan fingerprint density at radius 2 is 1.83 bits per heavy atom. The van der Waals surface area contributed by atoms with Crippen molar-refractivity contribution in [1.82, 2.24) is 0 Å². The minimum Gasteiger partial charge on any atom is -0.449 e. The molecule has 2 aromatic carbocycles. The Kier molecular flexibility index (Phi) is 5.57. The number of esters is 1. The molecule has 1 amide bonds. The molecule has 0 aromatic heterocycles. The Morgan fingerprint density at radius 1 is 1.12 bits per heavy atom. The van der Waals surface area contributed by atoms with Crippen LogP contribution in [0.4, 0.5) is 10.1 Å². The van der Waals surface area contributed by atoms with Gasteiger partial charge in [0.25, 0.3) is 5.91 Å². The first-order valence-corrected chi connectivity index (χ1v) is 7.70. The molecule has 0 heterocycles. The van der Waals surface area contributed by atoms with E-state index in [2.05, 4.69) is 5.32 Å². The molecule has 1 N–H and O–H groups in total. The van der Waals surface area contributed by atoms with E-state index in [1.165, 1.54) is 19.1 Å². The van der Waals surface area contributed by atoms with Crippen molar-refractivity contribution in [2.45, 2.75) is 26.9 Å². The summed E-state index contributed by atoms with van der Waals surface area (Å²) in [6.07, 6.45) is -1.07. The lowest BCUT2D eigenvalue weighted by atomic mass is 10.1. The van der Waals surface area contributed by atoms with Crippen LogP contribution in [0.3, 0.4) is 0 Å². The second-order valence-corrected chi connectivity index (χ2v) is 5.90. The van der Waals surface area contributed by atoms with Crippen molar-refractivity contribution in [3.63, 3.8) is 0 Å². The fourth-order valence-electron chi connectivity index (χ4n) is 1.98. The zero-order valence-electron chi connectivity index (χ0n) is 13.5. The van der Waals surface area contributed by atoms with E-state index in [4.69, 9.17) is 16.3 Å². The molecule has 6 heteroatoms. The van der Waals surface area contributed by atoms with Gasteiger partial charge in [0, 0.05) is 5.02 Å². The van der Waals surface area contributed by atoms with Crippen LogP contribution in [-0.4, -0.2) is 18.0 Å². The number of anilines is 1. The molecule has 24 heavy (non-hydrogen) atoms. The van der Waals surface area contributed by atoms with Gasteiger partial charge in [0.15, 0.2) is 6.10 Å². The fraction of sp³-hybridized carbons (Fsp3) is 0.222. The van der Waals surface area contributed by atoms with Crippen molar-refractivity contribution in [3.05, 3.63) is 63.9 Å². The lowest BCUT2D eigenvalue weighted by molar-refractivity contribution is -0.123. The van der Waals surface area contributed by atoms with Gasteiger partial charge in [0.1, 0.15) is 5.82 Å². The molecule has 2 aromatic rings. The van der Waals surface area contributed by atoms with E-state index < -0.39 is 23.8 Å². The number of hydrogen-bond acceptors (Lipinski definition) is 3. The minimum atomic E-state index is -1.07. The predicted octanol–water partition coefficient (Wildman–Crippen LogP) is 4.28. The molecule has 4 nitrogen and oxygen atoms in total. The number of carbonyl (C=O) groups is 2. The van der Waals surface area contributed by atoms with Crippen LogP contribution in [0.2, 0.25) is 5.02 Å². The highest BCUT2D eigenvalue weighted by atomic mass is 35.5. The van der Waals surface area contributed by atoms with Crippen molar-refractivity contribution in [2.75, 3.05) is 5.32 Å². The maximum atomic E-state index is 13.7. The van der Waals surface area contributed by atoms with E-state index in [1.807, 2.05) is 13.8 Å². The first-order valence-electron chi connectivity index (χ1n) is 7.32. The van der Waals surface area contributed by atoms with Crippen molar-refractivity contribution in [1.29, 1.82) is 0 Å². The van der Waals surface area contributed by atoms with E-state index in [0.29, 0.717) is 5.56 Å². The summed E-state index contributed by atoms with van der Waals surface area (Å²) in [6.45, 7) is 5.23. The highest BCUT2D eigenvalue weighted by molar-refractivity contribution is 6.30. The van der Waals surface area contributed by atoms with E-state index in [-0.39, 0.29) is 10.7 Å². The summed E-state index contributed by atoms with van der Waals surface area (Å²) in [4.78, 5) is 24.1. The van der Waals surface area contributed by atoms with Crippen LogP contribution in [-0.2, 0) is 9.53 Å². The van der Waals surface area contributed by atoms with Gasteiger partial charge in [-0.25, -0.2) is 9.18 Å². The number of hydrogen-bond donors (Lipinski definition) is 1. The number of ether oxygens (including phenoxy) is 1. The summed E-state index contributed by atoms with van der Waals surface area (Å²) in [5.41, 5.74) is 2.33. The largest absolute Gasteiger partial charge is 0.449 e. The molecule has 0 bridgehead atoms. The van der Waals surface area contributed by atoms with Gasteiger partial charge in [0.05, 0.1) is 11.3 Å². The highest BCUT2D eigenvalue weighted by Crippen LogP contribution is 2.19. The second-order valence-electron chi connectivity index (χ2n) is 5.46. The molecule has 0 aliphatic rings. The summed E-state index contributed by atoms with van der Waals surface area (Å²) in [6, 6.07) is 9.01. The molecule has 0 saturated carbocycles. The van der Waals surface area contributed by atoms with Crippen molar-refractivity contribution < 1.29 is 18.7 Å². The van der Waals surface area contributed by atoms with Crippen LogP contribution in [0.5, 0.6) is 0 Å². The number of halogens is 2. The highest BCUT2D eigenvalue weighted by Gasteiger charge is 2.20. The van der Waals surface area contributed by atoms with Crippen LogP contribution >= 0.6 is 11.6 Å². The lowest BCUT2D eigenvalue weighted by Crippen LogP contribution is -2.30. The summed E-state index contributed by atoms with van der Waals surface area (Å²) in [7, 11) is 0. The smallest absolute Gasteiger partial charge is 0.338 e. The monoisotopic (exact) mass is 349 g/mol. The van der Waals surface area contributed by atoms with Gasteiger partial charge in [-0.3, -0.25) is 4.79 Å². The number of amides is 1. The SMILES string of the molecule is Cc1ccc(C(=O)OC(C)C(=O)Nc2ccc(Cl)cc2F)cc1C. The number of nitrogens with one attached hydrogen (secondary N) is 1. The molecule has 0 aliphatic heterocycles. The third-order valence-electron chi connectivity index (χ3n) is 3.58. The van der Waals surface area contributed by atoms with Gasteiger partial charge >= 0.3 is 5.97 Å². The van der Waals surface area contributed by atoms with E-state index in [0.717, 1.165) is 17.2 Å². The van der Waals surface area contributed by atoms with Gasteiger partial charge in [-0.1, -0.05) is 17.7 Å². The first kappa shape index (κ1) is 17.9. The summed E-state index contributed by atoms with van der Waals surface area (Å²) < 4.78 is 18.8. The number of aryl methyl sites for hydroxylation is 2. The van der Waals surface area contributed by atoms with Crippen LogP contribution in [0, 0.1) is 19.7 Å². The summed E-state index contributed by atoms with van der Waals surface area (Å²) in [5.74, 6) is -1.91. The van der Waals surface area contributed by atoms with Crippen LogP contribution in [0.1, 0.15) is 28.4 Å². The molecule has 126 valence electrons. The first-order chi connectivity index (χ1) is 11.3. The molecular weight excluding hydrogens is 333 g/mol. The Bertz CT molecular complexity index is 792. The van der Waals surface area contributed by atoms with Crippen LogP contribution in [0.15, 0.2) is 36.4 Å². The van der Waals surface area contributed by atoms with Gasteiger partial charge in [-0.15, -0.1) is 0 Å². The maximum absolute atomic E-state index is 13.7. The van der Waals surface area contributed by atoms with Gasteiger partial charge in [-0.2, -0.15) is 0 Å². The van der Waals surface area contributed by atoms with E-state index >= 15 is 0 Å². The average Bonchev–Trinajstić information content (AvgIpc) is 2.52. The average molecular weight is 350 g/mol. The molecule has 0 radical (unpaired) electrons. The standard InChI is InChI=1S/C18H17ClFNO3/c1-10-4-5-13(8-11(10)2)18(23)24-12(3)17(22)21-16-7-6-14(19)9-15(16)20/h4-9,12H,1-3H3,(H,21,22). The topological polar surface area (TPSA) is 55.4 Å². The third kappa shape index (κ3) is 4.32. The quantitative estimate of drug-likeness (QED) is 0.838. The fourth-order valence-corrected chi connectivity index (χ4v) is 2.13. The Hall–Kier alpha value is -2.40. The lowest BCUT2D eigenvalue weighted by Gasteiger charge is -2.14. The van der Waals surface area contributed by atoms with Crippen molar-refractivity contribution in [2.24, 2.45) is 0 Å². The zero-order chi connectivity index (χ0) is 17.9. The normalized spacial score (nSPS) is 11.7. The zero-order valence-corrected chi connectivity index (χ0v) is 14.3. The number of carbonyl (C=O) groups excluding carboxylic acids is 2.